The van der Waals surface area contributed by atoms with E-state index < -0.39 is 5.82 Å². The Morgan fingerprint density at radius 2 is 1.95 bits per heavy atom. The highest BCUT2D eigenvalue weighted by molar-refractivity contribution is 7.14. The lowest BCUT2D eigenvalue weighted by atomic mass is 10.0. The molecule has 6 rings (SSSR count). The Labute approximate surface area is 212 Å². The minimum Gasteiger partial charge on any atom is -0.335 e. The van der Waals surface area contributed by atoms with Crippen LogP contribution in [0.4, 0.5) is 14.5 Å². The smallest absolute Gasteiger partial charge is 0.226 e. The molecule has 0 aliphatic heterocycles. The number of anilines is 1. The number of benzene rings is 1. The van der Waals surface area contributed by atoms with Crippen molar-refractivity contribution in [1.29, 1.82) is 0 Å². The first-order valence-electron chi connectivity index (χ1n) is 11.4. The lowest BCUT2D eigenvalue weighted by Gasteiger charge is -2.10. The number of aromatic nitrogens is 6. The van der Waals surface area contributed by atoms with Crippen LogP contribution in [0.3, 0.4) is 0 Å². The largest absolute Gasteiger partial charge is 0.335 e. The SMILES string of the molecule is CC(C)C(=O)Nc1cncc(-c2ccc3[nH]nc(-c4nc5nccc(-c6ccc(F)s6)c5[nH]4)c3c2F)c1. The van der Waals surface area contributed by atoms with Crippen LogP contribution in [-0.2, 0) is 4.79 Å². The average molecular weight is 516 g/mol. The lowest BCUT2D eigenvalue weighted by molar-refractivity contribution is -0.118. The van der Waals surface area contributed by atoms with E-state index in [1.807, 2.05) is 0 Å². The summed E-state index contributed by atoms with van der Waals surface area (Å²) in [7, 11) is 0. The summed E-state index contributed by atoms with van der Waals surface area (Å²) in [6.45, 7) is 3.58. The third-order valence-corrected chi connectivity index (χ3v) is 6.87. The van der Waals surface area contributed by atoms with E-state index in [-0.39, 0.29) is 28.0 Å². The van der Waals surface area contributed by atoms with Gasteiger partial charge >= 0.3 is 0 Å². The van der Waals surface area contributed by atoms with Gasteiger partial charge in [-0.05, 0) is 36.4 Å². The van der Waals surface area contributed by atoms with Crippen molar-refractivity contribution < 1.29 is 13.6 Å². The van der Waals surface area contributed by atoms with Crippen molar-refractivity contribution in [3.8, 4) is 33.1 Å². The molecule has 0 aliphatic rings. The first-order valence-corrected chi connectivity index (χ1v) is 12.2. The minimum absolute atomic E-state index is 0.157. The second kappa shape index (κ2) is 8.86. The molecule has 37 heavy (non-hydrogen) atoms. The van der Waals surface area contributed by atoms with Crippen LogP contribution in [0.1, 0.15) is 13.8 Å². The van der Waals surface area contributed by atoms with Crippen LogP contribution in [0, 0.1) is 16.9 Å². The number of hydrogen-bond donors (Lipinski definition) is 3. The Morgan fingerprint density at radius 3 is 2.73 bits per heavy atom. The fourth-order valence-corrected chi connectivity index (χ4v) is 4.86. The molecule has 0 atom stereocenters. The number of pyridine rings is 2. The molecule has 0 fully saturated rings. The molecular weight excluding hydrogens is 496 g/mol. The minimum atomic E-state index is -0.510. The molecule has 184 valence electrons. The van der Waals surface area contributed by atoms with Crippen molar-refractivity contribution in [3.05, 3.63) is 65.9 Å². The zero-order valence-corrected chi connectivity index (χ0v) is 20.5. The van der Waals surface area contributed by atoms with Crippen molar-refractivity contribution >= 4 is 45.0 Å². The number of thiophene rings is 1. The summed E-state index contributed by atoms with van der Waals surface area (Å²) >= 11 is 1.02. The van der Waals surface area contributed by atoms with E-state index in [1.54, 1.807) is 50.4 Å². The predicted molar refractivity (Wildman–Crippen MR) is 139 cm³/mol. The Hall–Kier alpha value is -4.51. The zero-order valence-electron chi connectivity index (χ0n) is 19.6. The van der Waals surface area contributed by atoms with Crippen LogP contribution >= 0.6 is 11.3 Å². The topological polar surface area (TPSA) is 112 Å². The number of carbonyl (C=O) groups is 1. The van der Waals surface area contributed by atoms with Gasteiger partial charge in [0.15, 0.2) is 16.6 Å². The standard InChI is InChI=1S/C26H19F2N7OS/c1-12(2)26(36)31-14-9-13(10-29-11-14)15-3-4-17-20(21(15)28)23(35-34-17)25-32-22-16(7-8-30-24(22)33-25)18-5-6-19(27)37-18/h3-12H,1-2H3,(H,31,36)(H,34,35)(H,30,32,33). The third kappa shape index (κ3) is 4.02. The molecule has 0 bridgehead atoms. The molecule has 1 aromatic carbocycles. The summed E-state index contributed by atoms with van der Waals surface area (Å²) in [6, 6.07) is 9.90. The molecule has 0 aliphatic carbocycles. The van der Waals surface area contributed by atoms with Crippen LogP contribution in [0.25, 0.3) is 55.2 Å². The highest BCUT2D eigenvalue weighted by Crippen LogP contribution is 2.36. The van der Waals surface area contributed by atoms with Gasteiger partial charge in [-0.1, -0.05) is 13.8 Å². The molecule has 5 heterocycles. The maximum absolute atomic E-state index is 16.0. The van der Waals surface area contributed by atoms with Crippen molar-refractivity contribution in [2.75, 3.05) is 5.32 Å². The number of nitrogens with one attached hydrogen (secondary N) is 3. The summed E-state index contributed by atoms with van der Waals surface area (Å²) in [5.41, 5.74) is 3.80. The highest BCUT2D eigenvalue weighted by atomic mass is 32.1. The maximum Gasteiger partial charge on any atom is 0.226 e. The third-order valence-electron chi connectivity index (χ3n) is 5.96. The Balaban J connectivity index is 1.45. The van der Waals surface area contributed by atoms with Crippen molar-refractivity contribution in [2.24, 2.45) is 5.92 Å². The van der Waals surface area contributed by atoms with Crippen molar-refractivity contribution in [1.82, 2.24) is 30.1 Å². The first kappa shape index (κ1) is 22.9. The fraction of sp³-hybridized carbons (Fsp3) is 0.115. The van der Waals surface area contributed by atoms with E-state index in [0.717, 1.165) is 21.8 Å². The maximum atomic E-state index is 16.0. The van der Waals surface area contributed by atoms with E-state index in [9.17, 15) is 9.18 Å². The highest BCUT2D eigenvalue weighted by Gasteiger charge is 2.21. The Bertz CT molecular complexity index is 1800. The van der Waals surface area contributed by atoms with E-state index in [4.69, 9.17) is 0 Å². The second-order valence-electron chi connectivity index (χ2n) is 8.77. The molecule has 0 radical (unpaired) electrons. The normalized spacial score (nSPS) is 11.6. The number of aromatic amines is 2. The molecular formula is C26H19F2N7OS. The van der Waals surface area contributed by atoms with Gasteiger partial charge in [0, 0.05) is 39.9 Å². The predicted octanol–water partition coefficient (Wildman–Crippen LogP) is 6.16. The lowest BCUT2D eigenvalue weighted by Crippen LogP contribution is -2.17. The number of H-pyrrole nitrogens is 2. The number of carbonyl (C=O) groups excluding carboxylic acids is 1. The number of fused-ring (bicyclic) bond motifs is 2. The molecule has 1 amide bonds. The van der Waals surface area contributed by atoms with Crippen molar-refractivity contribution in [3.63, 3.8) is 0 Å². The van der Waals surface area contributed by atoms with Crippen LogP contribution < -0.4 is 5.32 Å². The van der Waals surface area contributed by atoms with Crippen molar-refractivity contribution in [2.45, 2.75) is 13.8 Å². The van der Waals surface area contributed by atoms with Crippen LogP contribution in [0.15, 0.2) is 55.0 Å². The molecule has 6 aromatic rings. The zero-order chi connectivity index (χ0) is 25.7. The number of hydrogen-bond acceptors (Lipinski definition) is 6. The number of imidazole rings is 1. The van der Waals surface area contributed by atoms with E-state index in [1.165, 1.54) is 18.5 Å². The van der Waals surface area contributed by atoms with Gasteiger partial charge in [0.05, 0.1) is 28.3 Å². The summed E-state index contributed by atoms with van der Waals surface area (Å²) in [5, 5.41) is 9.92. The van der Waals surface area contributed by atoms with Gasteiger partial charge in [-0.2, -0.15) is 9.49 Å². The van der Waals surface area contributed by atoms with Gasteiger partial charge in [-0.3, -0.25) is 14.9 Å². The molecule has 3 N–H and O–H groups in total. The van der Waals surface area contributed by atoms with E-state index >= 15 is 4.39 Å². The molecule has 11 heteroatoms. The first-order chi connectivity index (χ1) is 17.9. The molecule has 0 saturated heterocycles. The molecule has 0 spiro atoms. The van der Waals surface area contributed by atoms with Gasteiger partial charge in [0.25, 0.3) is 0 Å². The second-order valence-corrected chi connectivity index (χ2v) is 9.81. The van der Waals surface area contributed by atoms with Crippen LogP contribution in [0.2, 0.25) is 0 Å². The van der Waals surface area contributed by atoms with Crippen LogP contribution in [-0.4, -0.2) is 36.0 Å². The van der Waals surface area contributed by atoms with E-state index in [0.29, 0.717) is 39.3 Å². The molecule has 5 aromatic heterocycles. The summed E-state index contributed by atoms with van der Waals surface area (Å²) in [4.78, 5) is 29.0. The summed E-state index contributed by atoms with van der Waals surface area (Å²) < 4.78 is 29.6. The van der Waals surface area contributed by atoms with Gasteiger partial charge in [-0.15, -0.1) is 11.3 Å². The molecule has 0 saturated carbocycles. The summed E-state index contributed by atoms with van der Waals surface area (Å²) in [5.74, 6) is -0.548. The average Bonchev–Trinajstić information content (AvgIpc) is 3.62. The quantitative estimate of drug-likeness (QED) is 0.254. The summed E-state index contributed by atoms with van der Waals surface area (Å²) in [6.07, 6.45) is 4.65. The Morgan fingerprint density at radius 1 is 1.08 bits per heavy atom. The van der Waals surface area contributed by atoms with E-state index in [2.05, 4.69) is 35.5 Å². The van der Waals surface area contributed by atoms with Gasteiger partial charge in [0.1, 0.15) is 11.5 Å². The fourth-order valence-electron chi connectivity index (χ4n) is 4.10. The number of amides is 1. The van der Waals surface area contributed by atoms with Gasteiger partial charge < -0.3 is 10.3 Å². The number of rotatable bonds is 5. The monoisotopic (exact) mass is 515 g/mol. The van der Waals surface area contributed by atoms with Crippen LogP contribution in [0.5, 0.6) is 0 Å². The number of halogens is 2. The molecule has 8 nitrogen and oxygen atoms in total. The number of nitrogens with zero attached hydrogens (tertiary/aromatic N) is 4. The molecule has 0 unspecified atom stereocenters. The Kier molecular flexibility index (Phi) is 5.49. The van der Waals surface area contributed by atoms with Gasteiger partial charge in [-0.25, -0.2) is 14.4 Å². The van der Waals surface area contributed by atoms with Gasteiger partial charge in [0.2, 0.25) is 5.91 Å².